The summed E-state index contributed by atoms with van der Waals surface area (Å²) in [5.41, 5.74) is 2.73. The van der Waals surface area contributed by atoms with Gasteiger partial charge in [0.15, 0.2) is 10.8 Å². The summed E-state index contributed by atoms with van der Waals surface area (Å²) in [5.74, 6) is -2.47. The van der Waals surface area contributed by atoms with Gasteiger partial charge in [-0.25, -0.2) is 14.3 Å². The lowest BCUT2D eigenvalue weighted by Gasteiger charge is -2.24. The van der Waals surface area contributed by atoms with Gasteiger partial charge < -0.3 is 19.9 Å². The Morgan fingerprint density at radius 1 is 1.27 bits per heavy atom. The van der Waals surface area contributed by atoms with Crippen LogP contribution in [0.5, 0.6) is 5.75 Å². The van der Waals surface area contributed by atoms with Gasteiger partial charge in [0.05, 0.1) is 20.3 Å². The lowest BCUT2D eigenvalue weighted by molar-refractivity contribution is -0.192. The van der Waals surface area contributed by atoms with Crippen LogP contribution < -0.4 is 10.1 Å². The summed E-state index contributed by atoms with van der Waals surface area (Å²) in [6.07, 6.45) is -2.39. The molecule has 1 aliphatic rings. The summed E-state index contributed by atoms with van der Waals surface area (Å²) < 4.78 is 43.7. The number of esters is 1. The Morgan fingerprint density at radius 3 is 2.46 bits per heavy atom. The molecule has 2 aromatic rings. The molecule has 2 heterocycles. The summed E-state index contributed by atoms with van der Waals surface area (Å²) in [6.45, 7) is 5.44. The van der Waals surface area contributed by atoms with Crippen LogP contribution >= 0.6 is 11.8 Å². The van der Waals surface area contributed by atoms with E-state index in [0.29, 0.717) is 24.5 Å². The van der Waals surface area contributed by atoms with Gasteiger partial charge in [0.1, 0.15) is 11.4 Å². The summed E-state index contributed by atoms with van der Waals surface area (Å²) >= 11 is 1.31. The van der Waals surface area contributed by atoms with E-state index in [1.807, 2.05) is 30.3 Å². The van der Waals surface area contributed by atoms with Gasteiger partial charge in [-0.3, -0.25) is 4.79 Å². The van der Waals surface area contributed by atoms with E-state index in [9.17, 15) is 22.8 Å². The van der Waals surface area contributed by atoms with Crippen molar-refractivity contribution in [1.82, 2.24) is 20.3 Å². The highest BCUT2D eigenvalue weighted by Crippen LogP contribution is 2.27. The van der Waals surface area contributed by atoms with Crippen molar-refractivity contribution in [3.63, 3.8) is 0 Å². The van der Waals surface area contributed by atoms with Crippen LogP contribution in [0.4, 0.5) is 13.2 Å². The number of hydrogen-bond donors (Lipinski definition) is 2. The molecule has 1 saturated heterocycles. The van der Waals surface area contributed by atoms with Crippen LogP contribution in [-0.4, -0.2) is 75.4 Å². The van der Waals surface area contributed by atoms with Crippen LogP contribution in [0.15, 0.2) is 29.8 Å². The third kappa shape index (κ3) is 9.21. The first-order valence-corrected chi connectivity index (χ1v) is 12.0. The van der Waals surface area contributed by atoms with E-state index in [4.69, 9.17) is 19.4 Å². The number of thioether (sulfide) groups is 1. The van der Waals surface area contributed by atoms with Gasteiger partial charge in [-0.05, 0) is 49.2 Å². The zero-order valence-electron chi connectivity index (χ0n) is 20.4. The van der Waals surface area contributed by atoms with Gasteiger partial charge >= 0.3 is 18.1 Å². The highest BCUT2D eigenvalue weighted by atomic mass is 32.2. The quantitative estimate of drug-likeness (QED) is 0.501. The van der Waals surface area contributed by atoms with Gasteiger partial charge in [0, 0.05) is 18.7 Å². The van der Waals surface area contributed by atoms with Crippen molar-refractivity contribution in [3.05, 3.63) is 46.8 Å². The number of aromatic nitrogens is 3. The Bertz CT molecular complexity index is 1120. The molecule has 202 valence electrons. The minimum Gasteiger partial charge on any atom is -0.497 e. The number of carbonyl (C=O) groups is 3. The molecule has 0 saturated carbocycles. The van der Waals surface area contributed by atoms with Gasteiger partial charge in [-0.2, -0.15) is 13.2 Å². The van der Waals surface area contributed by atoms with Crippen molar-refractivity contribution in [2.45, 2.75) is 38.2 Å². The molecule has 0 aliphatic carbocycles. The number of carbonyl (C=O) groups excluding carboxylic acids is 2. The lowest BCUT2D eigenvalue weighted by Crippen LogP contribution is -2.32. The van der Waals surface area contributed by atoms with Crippen LogP contribution in [-0.2, 0) is 20.9 Å². The average molecular weight is 545 g/mol. The third-order valence-corrected chi connectivity index (χ3v) is 6.08. The number of hydrogen-bond acceptors (Lipinski definition) is 9. The number of nitrogens with zero attached hydrogens (tertiary/aromatic N) is 3. The SMILES string of the molecule is CCOC(=O)c1c(/C=C2\CNCCC2SC(C)=O)nnn1Cc1ccc(OC)cc1.O=C(O)C(F)(F)F. The van der Waals surface area contributed by atoms with Gasteiger partial charge in [-0.1, -0.05) is 29.1 Å². The van der Waals surface area contributed by atoms with Gasteiger partial charge in [0.2, 0.25) is 0 Å². The van der Waals surface area contributed by atoms with E-state index in [2.05, 4.69) is 15.6 Å². The Labute approximate surface area is 215 Å². The summed E-state index contributed by atoms with van der Waals surface area (Å²) in [7, 11) is 1.61. The number of methoxy groups -OCH3 is 1. The second-order valence-corrected chi connectivity index (χ2v) is 9.01. The average Bonchev–Trinajstić information content (AvgIpc) is 3.22. The zero-order valence-corrected chi connectivity index (χ0v) is 21.2. The molecule has 14 heteroatoms. The molecule has 1 aromatic carbocycles. The Hall–Kier alpha value is -3.39. The highest BCUT2D eigenvalue weighted by molar-refractivity contribution is 8.14. The van der Waals surface area contributed by atoms with E-state index in [-0.39, 0.29) is 17.0 Å². The Kier molecular flexibility index (Phi) is 11.1. The fourth-order valence-corrected chi connectivity index (χ4v) is 4.21. The zero-order chi connectivity index (χ0) is 27.6. The monoisotopic (exact) mass is 544 g/mol. The van der Waals surface area contributed by atoms with E-state index in [1.165, 1.54) is 11.8 Å². The number of benzene rings is 1. The molecular formula is C23H27F3N4O6S. The van der Waals surface area contributed by atoms with E-state index in [1.54, 1.807) is 25.6 Å². The number of alkyl halides is 3. The molecule has 10 nitrogen and oxygen atoms in total. The first-order chi connectivity index (χ1) is 17.5. The molecule has 0 spiro atoms. The summed E-state index contributed by atoms with van der Waals surface area (Å²) in [6, 6.07) is 7.54. The summed E-state index contributed by atoms with van der Waals surface area (Å²) in [5, 5.41) is 19.0. The maximum absolute atomic E-state index is 12.7. The largest absolute Gasteiger partial charge is 0.497 e. The Morgan fingerprint density at radius 2 is 1.92 bits per heavy atom. The molecule has 1 aliphatic heterocycles. The first kappa shape index (κ1) is 29.8. The molecule has 37 heavy (non-hydrogen) atoms. The first-order valence-electron chi connectivity index (χ1n) is 11.1. The third-order valence-electron chi connectivity index (χ3n) is 4.92. The number of rotatable bonds is 7. The van der Waals surface area contributed by atoms with Crippen LogP contribution in [0.3, 0.4) is 0 Å². The van der Waals surface area contributed by atoms with Crippen molar-refractivity contribution in [1.29, 1.82) is 0 Å². The predicted molar refractivity (Wildman–Crippen MR) is 129 cm³/mol. The molecule has 0 bridgehead atoms. The minimum atomic E-state index is -5.08. The van der Waals surface area contributed by atoms with Crippen molar-refractivity contribution < 1.29 is 42.1 Å². The van der Waals surface area contributed by atoms with Crippen LogP contribution in [0, 0.1) is 0 Å². The van der Waals surface area contributed by atoms with E-state index < -0.39 is 18.1 Å². The molecule has 1 aromatic heterocycles. The van der Waals surface area contributed by atoms with Gasteiger partial charge in [0.25, 0.3) is 0 Å². The molecule has 1 fully saturated rings. The number of nitrogens with one attached hydrogen (secondary N) is 1. The topological polar surface area (TPSA) is 133 Å². The molecule has 0 radical (unpaired) electrons. The maximum atomic E-state index is 12.7. The molecule has 0 amide bonds. The van der Waals surface area contributed by atoms with Crippen LogP contribution in [0.2, 0.25) is 0 Å². The minimum absolute atomic E-state index is 0.0607. The van der Waals surface area contributed by atoms with Crippen molar-refractivity contribution >= 4 is 34.9 Å². The fourth-order valence-electron chi connectivity index (χ4n) is 3.27. The van der Waals surface area contributed by atoms with Crippen molar-refractivity contribution in [3.8, 4) is 5.75 Å². The van der Waals surface area contributed by atoms with Crippen molar-refractivity contribution in [2.24, 2.45) is 0 Å². The molecule has 1 atom stereocenters. The molecule has 2 N–H and O–H groups in total. The number of carboxylic acids is 1. The number of aliphatic carboxylic acids is 1. The van der Waals surface area contributed by atoms with Crippen LogP contribution in [0.1, 0.15) is 42.0 Å². The number of ether oxygens (including phenoxy) is 2. The number of halogens is 3. The van der Waals surface area contributed by atoms with Gasteiger partial charge in [-0.15, -0.1) is 5.10 Å². The molecular weight excluding hydrogens is 517 g/mol. The standard InChI is InChI=1S/C21H26N4O4S.C2HF3O2/c1-4-29-21(27)20-18(11-16-12-22-10-9-19(16)30-14(2)26)23-24-25(20)13-15-5-7-17(28-3)8-6-15;3-2(4,5)1(6)7/h5-8,11,19,22H,4,9-10,12-13H2,1-3H3;(H,6,7)/b16-11+;. The van der Waals surface area contributed by atoms with E-state index in [0.717, 1.165) is 29.9 Å². The second kappa shape index (κ2) is 13.8. The highest BCUT2D eigenvalue weighted by Gasteiger charge is 2.38. The number of piperidine rings is 1. The second-order valence-electron chi connectivity index (χ2n) is 7.64. The van der Waals surface area contributed by atoms with Crippen molar-refractivity contribution in [2.75, 3.05) is 26.8 Å². The van der Waals surface area contributed by atoms with Crippen LogP contribution in [0.25, 0.3) is 6.08 Å². The maximum Gasteiger partial charge on any atom is 0.490 e. The van der Waals surface area contributed by atoms with E-state index >= 15 is 0 Å². The number of carboxylic acid groups (broad SMARTS) is 1. The summed E-state index contributed by atoms with van der Waals surface area (Å²) in [4.78, 5) is 33.2. The Balaban J connectivity index is 0.000000604. The molecule has 1 unspecified atom stereocenters. The fraction of sp³-hybridized carbons (Fsp3) is 0.435. The normalized spacial score (nSPS) is 16.5. The molecule has 3 rings (SSSR count). The lowest BCUT2D eigenvalue weighted by atomic mass is 10.0. The predicted octanol–water partition coefficient (Wildman–Crippen LogP) is 3.17. The smallest absolute Gasteiger partial charge is 0.490 e.